The fraction of sp³-hybridized carbons (Fsp3) is 0.192. The standard InChI is InChI=1S/C26H29N7O5S/c1-33(2,3)11-10-30-26(36)17-13-16(25-31-18-9-8-14(24(27)28)12-19(18)32-25)22(35)21(23(17)39(29,37)38)15-6-4-5-7-20(15)34/h4-9,12-13H,10-11H2,1-3H3,(H8-,27,28,29,30,31,32,34,35,36,37,38)/p+1. The number of primary sulfonamides is 1. The van der Waals surface area contributed by atoms with Crippen LogP contribution in [0, 0.1) is 5.41 Å². The fourth-order valence-electron chi connectivity index (χ4n) is 4.14. The molecule has 0 saturated carbocycles. The van der Waals surface area contributed by atoms with Gasteiger partial charge in [-0.25, -0.2) is 18.5 Å². The van der Waals surface area contributed by atoms with Gasteiger partial charge < -0.3 is 30.7 Å². The van der Waals surface area contributed by atoms with E-state index in [2.05, 4.69) is 15.3 Å². The molecule has 4 rings (SSSR count). The second kappa shape index (κ2) is 10.0. The van der Waals surface area contributed by atoms with Crippen molar-refractivity contribution < 1.29 is 27.9 Å². The first-order valence-corrected chi connectivity index (χ1v) is 13.4. The number of H-pyrrole nitrogens is 1. The molecule has 0 bridgehead atoms. The van der Waals surface area contributed by atoms with Crippen LogP contribution >= 0.6 is 0 Å². The summed E-state index contributed by atoms with van der Waals surface area (Å²) in [6.45, 7) is 0.781. The van der Waals surface area contributed by atoms with Crippen LogP contribution in [0.2, 0.25) is 0 Å². The molecule has 0 radical (unpaired) electrons. The Kier molecular flexibility index (Phi) is 7.08. The van der Waals surface area contributed by atoms with Gasteiger partial charge in [0.2, 0.25) is 10.0 Å². The van der Waals surface area contributed by atoms with E-state index in [1.54, 1.807) is 24.3 Å². The predicted molar refractivity (Wildman–Crippen MR) is 148 cm³/mol. The molecular formula is C26H30N7O5S+. The number of phenolic OH excluding ortho intramolecular Hbond substituents is 2. The number of nitrogens with zero attached hydrogens (tertiary/aromatic N) is 2. The number of imidazole rings is 1. The van der Waals surface area contributed by atoms with Gasteiger partial charge in [-0.05, 0) is 30.3 Å². The van der Waals surface area contributed by atoms with Gasteiger partial charge in [0.25, 0.3) is 5.91 Å². The van der Waals surface area contributed by atoms with Crippen molar-refractivity contribution >= 4 is 32.8 Å². The van der Waals surface area contributed by atoms with Gasteiger partial charge in [0.05, 0.1) is 56.4 Å². The number of rotatable bonds is 8. The lowest BCUT2D eigenvalue weighted by Gasteiger charge is -2.24. The SMILES string of the molecule is C[N+](C)(C)CCNC(=O)c1cc(-c2nc3ccc(C(=N)N)cc3[nH]2)c(O)c(-c2ccccc2O)c1S(N)(=O)=O. The second-order valence-electron chi connectivity index (χ2n) is 10.1. The van der Waals surface area contributed by atoms with Gasteiger partial charge in [-0.1, -0.05) is 18.2 Å². The minimum absolute atomic E-state index is 0.00187. The molecular weight excluding hydrogens is 522 g/mol. The molecule has 0 saturated heterocycles. The average molecular weight is 553 g/mol. The number of likely N-dealkylation sites (N-methyl/N-ethyl adjacent to an activating group) is 1. The molecule has 4 aromatic rings. The van der Waals surface area contributed by atoms with E-state index in [-0.39, 0.29) is 46.2 Å². The van der Waals surface area contributed by atoms with Crippen molar-refractivity contribution in [1.82, 2.24) is 15.3 Å². The highest BCUT2D eigenvalue weighted by Crippen LogP contribution is 2.46. The third kappa shape index (κ3) is 5.70. The molecule has 0 spiro atoms. The number of aromatic hydroxyl groups is 2. The minimum atomic E-state index is -4.59. The van der Waals surface area contributed by atoms with Crippen LogP contribution in [-0.4, -0.2) is 79.1 Å². The first-order valence-electron chi connectivity index (χ1n) is 11.8. The van der Waals surface area contributed by atoms with Crippen LogP contribution in [0.4, 0.5) is 0 Å². The van der Waals surface area contributed by atoms with E-state index in [1.807, 2.05) is 21.1 Å². The number of quaternary nitrogens is 1. The number of aromatic amines is 1. The Labute approximate surface area is 225 Å². The summed E-state index contributed by atoms with van der Waals surface area (Å²) in [7, 11) is 1.23. The molecule has 12 nitrogen and oxygen atoms in total. The predicted octanol–water partition coefficient (Wildman–Crippen LogP) is 1.68. The van der Waals surface area contributed by atoms with Crippen molar-refractivity contribution in [2.45, 2.75) is 4.90 Å². The Hall–Kier alpha value is -4.46. The number of benzene rings is 3. The van der Waals surface area contributed by atoms with Crippen LogP contribution < -0.4 is 16.2 Å². The molecule has 0 atom stereocenters. The van der Waals surface area contributed by atoms with Gasteiger partial charge in [0, 0.05) is 16.7 Å². The number of aromatic nitrogens is 2. The van der Waals surface area contributed by atoms with E-state index in [9.17, 15) is 23.4 Å². The summed E-state index contributed by atoms with van der Waals surface area (Å²) < 4.78 is 26.3. The highest BCUT2D eigenvalue weighted by molar-refractivity contribution is 7.89. The summed E-state index contributed by atoms with van der Waals surface area (Å²) in [5.41, 5.74) is 6.29. The maximum atomic E-state index is 13.4. The molecule has 0 aliphatic rings. The van der Waals surface area contributed by atoms with Crippen LogP contribution in [0.1, 0.15) is 15.9 Å². The molecule has 13 heteroatoms. The Morgan fingerprint density at radius 3 is 2.41 bits per heavy atom. The summed E-state index contributed by atoms with van der Waals surface area (Å²) >= 11 is 0. The smallest absolute Gasteiger partial charge is 0.252 e. The van der Waals surface area contributed by atoms with Crippen molar-refractivity contribution in [2.24, 2.45) is 10.9 Å². The number of nitrogens with two attached hydrogens (primary N) is 2. The van der Waals surface area contributed by atoms with Crippen LogP contribution in [0.25, 0.3) is 33.5 Å². The Bertz CT molecular complexity index is 1720. The maximum absolute atomic E-state index is 13.4. The average Bonchev–Trinajstić information content (AvgIpc) is 3.26. The first-order chi connectivity index (χ1) is 18.2. The molecule has 3 aromatic carbocycles. The fourth-order valence-corrected chi connectivity index (χ4v) is 5.09. The number of fused-ring (bicyclic) bond motifs is 1. The molecule has 0 unspecified atom stereocenters. The molecule has 39 heavy (non-hydrogen) atoms. The quantitative estimate of drug-likeness (QED) is 0.0976. The van der Waals surface area contributed by atoms with E-state index in [0.717, 1.165) is 0 Å². The second-order valence-corrected chi connectivity index (χ2v) is 11.6. The van der Waals surface area contributed by atoms with Gasteiger partial charge >= 0.3 is 0 Å². The lowest BCUT2D eigenvalue weighted by molar-refractivity contribution is -0.869. The number of phenols is 2. The summed E-state index contributed by atoms with van der Waals surface area (Å²) in [6.07, 6.45) is 0. The lowest BCUT2D eigenvalue weighted by Crippen LogP contribution is -2.42. The van der Waals surface area contributed by atoms with Crippen molar-refractivity contribution in [3.8, 4) is 34.0 Å². The highest BCUT2D eigenvalue weighted by Gasteiger charge is 2.31. The van der Waals surface area contributed by atoms with Gasteiger partial charge in [0.15, 0.2) is 0 Å². The van der Waals surface area contributed by atoms with Gasteiger partial charge in [-0.2, -0.15) is 0 Å². The maximum Gasteiger partial charge on any atom is 0.252 e. The van der Waals surface area contributed by atoms with Crippen molar-refractivity contribution in [3.05, 3.63) is 59.7 Å². The molecule has 1 heterocycles. The number of carbonyl (C=O) groups excluding carboxylic acids is 1. The van der Waals surface area contributed by atoms with Crippen LogP contribution in [-0.2, 0) is 10.0 Å². The largest absolute Gasteiger partial charge is 0.507 e. The Morgan fingerprint density at radius 1 is 1.10 bits per heavy atom. The molecule has 0 fully saturated rings. The third-order valence-electron chi connectivity index (χ3n) is 6.07. The normalized spacial score (nSPS) is 12.0. The van der Waals surface area contributed by atoms with E-state index < -0.39 is 26.6 Å². The third-order valence-corrected chi connectivity index (χ3v) is 7.06. The van der Waals surface area contributed by atoms with Gasteiger partial charge in [-0.3, -0.25) is 10.2 Å². The molecule has 9 N–H and O–H groups in total. The molecule has 0 aliphatic heterocycles. The zero-order chi connectivity index (χ0) is 28.7. The van der Waals surface area contributed by atoms with E-state index in [1.165, 1.54) is 24.3 Å². The molecule has 0 aliphatic carbocycles. The van der Waals surface area contributed by atoms with Crippen LogP contribution in [0.15, 0.2) is 53.4 Å². The zero-order valence-corrected chi connectivity index (χ0v) is 22.4. The van der Waals surface area contributed by atoms with Crippen molar-refractivity contribution in [3.63, 3.8) is 0 Å². The molecule has 204 valence electrons. The topological polar surface area (TPSA) is 208 Å². The Balaban J connectivity index is 2.01. The molecule has 1 amide bonds. The van der Waals surface area contributed by atoms with Gasteiger partial charge in [0.1, 0.15) is 28.1 Å². The number of sulfonamides is 1. The van der Waals surface area contributed by atoms with E-state index in [4.69, 9.17) is 16.3 Å². The van der Waals surface area contributed by atoms with Crippen molar-refractivity contribution in [2.75, 3.05) is 34.2 Å². The number of hydrogen-bond acceptors (Lipinski definition) is 7. The summed E-state index contributed by atoms with van der Waals surface area (Å²) in [5.74, 6) is -1.67. The summed E-state index contributed by atoms with van der Waals surface area (Å²) in [4.78, 5) is 20.3. The van der Waals surface area contributed by atoms with Crippen LogP contribution in [0.5, 0.6) is 11.5 Å². The first kappa shape index (κ1) is 27.6. The zero-order valence-electron chi connectivity index (χ0n) is 21.6. The van der Waals surface area contributed by atoms with Crippen molar-refractivity contribution in [1.29, 1.82) is 5.41 Å². The number of amides is 1. The minimum Gasteiger partial charge on any atom is -0.507 e. The number of amidine groups is 1. The Morgan fingerprint density at radius 2 is 1.79 bits per heavy atom. The van der Waals surface area contributed by atoms with E-state index in [0.29, 0.717) is 27.6 Å². The highest BCUT2D eigenvalue weighted by atomic mass is 32.2. The molecule has 1 aromatic heterocycles. The number of nitrogen functional groups attached to an aromatic ring is 1. The summed E-state index contributed by atoms with van der Waals surface area (Å²) in [5, 5.41) is 38.0. The van der Waals surface area contributed by atoms with E-state index >= 15 is 0 Å². The number of para-hydroxylation sites is 1. The van der Waals surface area contributed by atoms with Crippen LogP contribution in [0.3, 0.4) is 0 Å². The monoisotopic (exact) mass is 552 g/mol. The number of nitrogens with one attached hydrogen (secondary N) is 3. The number of hydrogen-bond donors (Lipinski definition) is 7. The summed E-state index contributed by atoms with van der Waals surface area (Å²) in [6, 6.07) is 11.8. The van der Waals surface area contributed by atoms with Gasteiger partial charge in [-0.15, -0.1) is 0 Å². The lowest BCUT2D eigenvalue weighted by atomic mass is 9.96. The number of carbonyl (C=O) groups is 1.